The number of aryl methyl sites for hydroxylation is 2. The van der Waals surface area contributed by atoms with Crippen molar-refractivity contribution in [3.05, 3.63) is 64.7 Å². The topological polar surface area (TPSA) is 26.3 Å². The smallest absolute Gasteiger partial charge is 0.159 e. The highest BCUT2D eigenvalue weighted by Gasteiger charge is 2.02. The Morgan fingerprint density at radius 1 is 1.05 bits per heavy atom. The minimum atomic E-state index is 0.0769. The molecule has 2 aromatic carbocycles. The van der Waals surface area contributed by atoms with Gasteiger partial charge in [-0.2, -0.15) is 0 Å². The Morgan fingerprint density at radius 2 is 1.84 bits per heavy atom. The molecule has 2 heteroatoms. The van der Waals surface area contributed by atoms with E-state index in [4.69, 9.17) is 4.74 Å². The molecule has 0 unspecified atom stereocenters. The zero-order chi connectivity index (χ0) is 13.8. The zero-order valence-electron chi connectivity index (χ0n) is 11.6. The summed E-state index contributed by atoms with van der Waals surface area (Å²) in [5.74, 6) is 0.935. The third-order valence-corrected chi connectivity index (χ3v) is 3.22. The van der Waals surface area contributed by atoms with Crippen LogP contribution in [0.2, 0.25) is 0 Å². The highest BCUT2D eigenvalue weighted by atomic mass is 16.5. The van der Waals surface area contributed by atoms with E-state index < -0.39 is 0 Å². The first-order valence-corrected chi connectivity index (χ1v) is 6.36. The van der Waals surface area contributed by atoms with Gasteiger partial charge in [-0.15, -0.1) is 0 Å². The normalized spacial score (nSPS) is 10.3. The van der Waals surface area contributed by atoms with E-state index in [1.54, 1.807) is 6.92 Å². The summed E-state index contributed by atoms with van der Waals surface area (Å²) >= 11 is 0. The molecule has 0 spiro atoms. The summed E-state index contributed by atoms with van der Waals surface area (Å²) in [6.45, 7) is 6.20. The van der Waals surface area contributed by atoms with Gasteiger partial charge in [0.1, 0.15) is 12.4 Å². The van der Waals surface area contributed by atoms with E-state index in [0.29, 0.717) is 6.61 Å². The fraction of sp³-hybridized carbons (Fsp3) is 0.235. The minimum absolute atomic E-state index is 0.0769. The van der Waals surface area contributed by atoms with Crippen molar-refractivity contribution in [1.29, 1.82) is 0 Å². The fourth-order valence-corrected chi connectivity index (χ4v) is 1.85. The van der Waals surface area contributed by atoms with Crippen LogP contribution in [0, 0.1) is 13.8 Å². The second-order valence-electron chi connectivity index (χ2n) is 4.79. The predicted octanol–water partition coefficient (Wildman–Crippen LogP) is 4.09. The predicted molar refractivity (Wildman–Crippen MR) is 76.7 cm³/mol. The summed E-state index contributed by atoms with van der Waals surface area (Å²) in [4.78, 5) is 11.3. The van der Waals surface area contributed by atoms with Gasteiger partial charge in [0.25, 0.3) is 0 Å². The van der Waals surface area contributed by atoms with Crippen LogP contribution >= 0.6 is 0 Å². The lowest BCUT2D eigenvalue weighted by atomic mass is 10.1. The summed E-state index contributed by atoms with van der Waals surface area (Å²) in [5, 5.41) is 0. The van der Waals surface area contributed by atoms with Gasteiger partial charge in [-0.05, 0) is 55.7 Å². The summed E-state index contributed by atoms with van der Waals surface area (Å²) in [5.41, 5.74) is 4.20. The summed E-state index contributed by atoms with van der Waals surface area (Å²) in [6.07, 6.45) is 0. The van der Waals surface area contributed by atoms with Gasteiger partial charge in [0.05, 0.1) is 0 Å². The first-order valence-electron chi connectivity index (χ1n) is 6.36. The number of benzene rings is 2. The van der Waals surface area contributed by atoms with Crippen molar-refractivity contribution in [2.24, 2.45) is 0 Å². The number of hydrogen-bond donors (Lipinski definition) is 0. The van der Waals surface area contributed by atoms with Crippen LogP contribution in [-0.2, 0) is 6.61 Å². The third kappa shape index (κ3) is 3.44. The molecule has 2 rings (SSSR count). The molecule has 0 bridgehead atoms. The molecular weight excluding hydrogens is 236 g/mol. The molecule has 19 heavy (non-hydrogen) atoms. The van der Waals surface area contributed by atoms with Crippen LogP contribution < -0.4 is 4.74 Å². The molecule has 0 aromatic heterocycles. The maximum atomic E-state index is 11.3. The zero-order valence-corrected chi connectivity index (χ0v) is 11.6. The van der Waals surface area contributed by atoms with Crippen LogP contribution in [0.1, 0.15) is 34.0 Å². The van der Waals surface area contributed by atoms with Crippen LogP contribution in [0.4, 0.5) is 0 Å². The minimum Gasteiger partial charge on any atom is -0.489 e. The highest BCUT2D eigenvalue weighted by molar-refractivity contribution is 5.94. The first kappa shape index (κ1) is 13.3. The van der Waals surface area contributed by atoms with Gasteiger partial charge in [-0.3, -0.25) is 4.79 Å². The fourth-order valence-electron chi connectivity index (χ4n) is 1.85. The third-order valence-electron chi connectivity index (χ3n) is 3.22. The molecule has 0 amide bonds. The van der Waals surface area contributed by atoms with Crippen molar-refractivity contribution in [2.45, 2.75) is 27.4 Å². The van der Waals surface area contributed by atoms with Crippen molar-refractivity contribution < 1.29 is 9.53 Å². The molecule has 0 atom stereocenters. The number of carbonyl (C=O) groups excluding carboxylic acids is 1. The van der Waals surface area contributed by atoms with Gasteiger partial charge >= 0.3 is 0 Å². The van der Waals surface area contributed by atoms with Crippen molar-refractivity contribution in [3.8, 4) is 5.75 Å². The van der Waals surface area contributed by atoms with Crippen molar-refractivity contribution in [3.63, 3.8) is 0 Å². The molecule has 0 aliphatic carbocycles. The first-order chi connectivity index (χ1) is 9.06. The maximum absolute atomic E-state index is 11.3. The molecule has 0 aliphatic rings. The number of ketones is 1. The Morgan fingerprint density at radius 3 is 2.53 bits per heavy atom. The van der Waals surface area contributed by atoms with Gasteiger partial charge in [0.15, 0.2) is 5.78 Å². The molecule has 0 saturated heterocycles. The maximum Gasteiger partial charge on any atom is 0.159 e. The Labute approximate surface area is 114 Å². The molecule has 0 aliphatic heterocycles. The lowest BCUT2D eigenvalue weighted by Gasteiger charge is -2.09. The molecule has 0 radical (unpaired) electrons. The van der Waals surface area contributed by atoms with Crippen LogP contribution in [0.25, 0.3) is 0 Å². The summed E-state index contributed by atoms with van der Waals surface area (Å²) in [6, 6.07) is 13.6. The lowest BCUT2D eigenvalue weighted by Crippen LogP contribution is -1.99. The molecule has 2 aromatic rings. The standard InChI is InChI=1S/C17H18O2/c1-12-7-8-17(9-13(12)2)19-11-15-5-4-6-16(10-15)14(3)18/h4-10H,11H2,1-3H3. The van der Waals surface area contributed by atoms with Gasteiger partial charge in [0, 0.05) is 5.56 Å². The average molecular weight is 254 g/mol. The number of Topliss-reactive ketones (excluding diaryl/α,β-unsaturated/α-hetero) is 1. The number of carbonyl (C=O) groups is 1. The molecule has 0 saturated carbocycles. The summed E-state index contributed by atoms with van der Waals surface area (Å²) in [7, 11) is 0. The molecular formula is C17H18O2. The summed E-state index contributed by atoms with van der Waals surface area (Å²) < 4.78 is 5.75. The number of rotatable bonds is 4. The Kier molecular flexibility index (Phi) is 4.00. The Hall–Kier alpha value is -2.09. The van der Waals surface area contributed by atoms with Gasteiger partial charge in [0.2, 0.25) is 0 Å². The molecule has 0 N–H and O–H groups in total. The second-order valence-corrected chi connectivity index (χ2v) is 4.79. The van der Waals surface area contributed by atoms with Gasteiger partial charge < -0.3 is 4.74 Å². The molecule has 98 valence electrons. The van der Waals surface area contributed by atoms with Crippen LogP contribution in [-0.4, -0.2) is 5.78 Å². The van der Waals surface area contributed by atoms with E-state index in [9.17, 15) is 4.79 Å². The van der Waals surface area contributed by atoms with Crippen molar-refractivity contribution in [2.75, 3.05) is 0 Å². The van der Waals surface area contributed by atoms with E-state index in [0.717, 1.165) is 16.9 Å². The molecule has 0 heterocycles. The van der Waals surface area contributed by atoms with Crippen molar-refractivity contribution >= 4 is 5.78 Å². The van der Waals surface area contributed by atoms with Gasteiger partial charge in [-0.25, -0.2) is 0 Å². The Balaban J connectivity index is 2.07. The van der Waals surface area contributed by atoms with E-state index in [-0.39, 0.29) is 5.78 Å². The molecule has 2 nitrogen and oxygen atoms in total. The highest BCUT2D eigenvalue weighted by Crippen LogP contribution is 2.18. The van der Waals surface area contributed by atoms with Crippen LogP contribution in [0.5, 0.6) is 5.75 Å². The SMILES string of the molecule is CC(=O)c1cccc(COc2ccc(C)c(C)c2)c1. The van der Waals surface area contributed by atoms with Crippen molar-refractivity contribution in [1.82, 2.24) is 0 Å². The van der Waals surface area contributed by atoms with Gasteiger partial charge in [-0.1, -0.05) is 24.3 Å². The van der Waals surface area contributed by atoms with E-state index in [1.807, 2.05) is 36.4 Å². The largest absolute Gasteiger partial charge is 0.489 e. The van der Waals surface area contributed by atoms with E-state index in [1.165, 1.54) is 11.1 Å². The average Bonchev–Trinajstić information content (AvgIpc) is 2.40. The van der Waals surface area contributed by atoms with E-state index in [2.05, 4.69) is 19.9 Å². The quantitative estimate of drug-likeness (QED) is 0.768. The second kappa shape index (κ2) is 5.70. The number of hydrogen-bond acceptors (Lipinski definition) is 2. The monoisotopic (exact) mass is 254 g/mol. The van der Waals surface area contributed by atoms with E-state index >= 15 is 0 Å². The van der Waals surface area contributed by atoms with Crippen LogP contribution in [0.15, 0.2) is 42.5 Å². The Bertz CT molecular complexity index is 600. The number of ether oxygens (including phenoxy) is 1. The molecule has 0 fully saturated rings. The lowest BCUT2D eigenvalue weighted by molar-refractivity contribution is 0.101. The van der Waals surface area contributed by atoms with Crippen LogP contribution in [0.3, 0.4) is 0 Å².